The van der Waals surface area contributed by atoms with Gasteiger partial charge in [0.2, 0.25) is 10.0 Å². The maximum atomic E-state index is 12.6. The van der Waals surface area contributed by atoms with Gasteiger partial charge in [-0.3, -0.25) is 0 Å². The van der Waals surface area contributed by atoms with Crippen molar-refractivity contribution < 1.29 is 8.42 Å². The van der Waals surface area contributed by atoms with E-state index in [0.29, 0.717) is 24.0 Å². The highest BCUT2D eigenvalue weighted by Gasteiger charge is 2.27. The molecule has 0 fully saturated rings. The molecule has 1 rings (SSSR count). The molecule has 0 aromatic carbocycles. The van der Waals surface area contributed by atoms with Gasteiger partial charge in [-0.15, -0.1) is 0 Å². The molecule has 0 aliphatic heterocycles. The Labute approximate surface area is 122 Å². The van der Waals surface area contributed by atoms with E-state index in [1.54, 1.807) is 16.6 Å². The van der Waals surface area contributed by atoms with Crippen molar-refractivity contribution in [3.8, 4) is 0 Å². The van der Waals surface area contributed by atoms with E-state index in [2.05, 4.69) is 24.1 Å². The zero-order valence-electron chi connectivity index (χ0n) is 13.1. The maximum Gasteiger partial charge on any atom is 0.244 e. The summed E-state index contributed by atoms with van der Waals surface area (Å²) in [6.07, 6.45) is 2.39. The Hall–Kier alpha value is -0.850. The second-order valence-corrected chi connectivity index (χ2v) is 7.25. The van der Waals surface area contributed by atoms with Crippen molar-refractivity contribution in [1.82, 2.24) is 14.6 Å². The third-order valence-electron chi connectivity index (χ3n) is 3.42. The van der Waals surface area contributed by atoms with Crippen molar-refractivity contribution in [3.63, 3.8) is 0 Å². The SMILES string of the molecule is CCC(C)N(CC)S(=O)(=O)c1c[nH]c(CNC(C)C)c1. The molecule has 0 saturated carbocycles. The Morgan fingerprint density at radius 2 is 1.95 bits per heavy atom. The van der Waals surface area contributed by atoms with E-state index in [4.69, 9.17) is 0 Å². The highest BCUT2D eigenvalue weighted by Crippen LogP contribution is 2.20. The van der Waals surface area contributed by atoms with Crippen molar-refractivity contribution >= 4 is 10.0 Å². The fourth-order valence-electron chi connectivity index (χ4n) is 2.04. The average molecular weight is 301 g/mol. The van der Waals surface area contributed by atoms with E-state index in [1.807, 2.05) is 20.8 Å². The first-order valence-corrected chi connectivity index (χ1v) is 8.69. The van der Waals surface area contributed by atoms with Crippen molar-refractivity contribution in [2.24, 2.45) is 0 Å². The summed E-state index contributed by atoms with van der Waals surface area (Å²) in [5.74, 6) is 0. The summed E-state index contributed by atoms with van der Waals surface area (Å²) in [6.45, 7) is 11.1. The minimum atomic E-state index is -3.41. The number of hydrogen-bond acceptors (Lipinski definition) is 3. The van der Waals surface area contributed by atoms with Gasteiger partial charge in [-0.1, -0.05) is 27.7 Å². The van der Waals surface area contributed by atoms with Gasteiger partial charge in [0.05, 0.1) is 4.90 Å². The number of aromatic nitrogens is 1. The molecule has 0 radical (unpaired) electrons. The van der Waals surface area contributed by atoms with Crippen LogP contribution in [0, 0.1) is 0 Å². The molecule has 0 spiro atoms. The summed E-state index contributed by atoms with van der Waals surface area (Å²) >= 11 is 0. The molecule has 0 amide bonds. The van der Waals surface area contributed by atoms with Crippen LogP contribution in [0.25, 0.3) is 0 Å². The maximum absolute atomic E-state index is 12.6. The highest BCUT2D eigenvalue weighted by atomic mass is 32.2. The normalized spacial score (nSPS) is 14.2. The van der Waals surface area contributed by atoms with E-state index in [9.17, 15) is 8.42 Å². The topological polar surface area (TPSA) is 65.2 Å². The molecule has 2 N–H and O–H groups in total. The van der Waals surface area contributed by atoms with E-state index >= 15 is 0 Å². The molecule has 0 aliphatic carbocycles. The zero-order chi connectivity index (χ0) is 15.3. The van der Waals surface area contributed by atoms with Crippen molar-refractivity contribution in [3.05, 3.63) is 18.0 Å². The molecule has 1 atom stereocenters. The number of sulfonamides is 1. The lowest BCUT2D eigenvalue weighted by Gasteiger charge is -2.25. The van der Waals surface area contributed by atoms with Crippen LogP contribution in [0.15, 0.2) is 17.2 Å². The zero-order valence-corrected chi connectivity index (χ0v) is 13.9. The van der Waals surface area contributed by atoms with Crippen LogP contribution in [-0.2, 0) is 16.6 Å². The molecule has 5 nitrogen and oxygen atoms in total. The van der Waals surface area contributed by atoms with Crippen LogP contribution in [0.4, 0.5) is 0 Å². The largest absolute Gasteiger partial charge is 0.363 e. The summed E-state index contributed by atoms with van der Waals surface area (Å²) in [6, 6.07) is 2.10. The Kier molecular flexibility index (Phi) is 6.23. The van der Waals surface area contributed by atoms with Crippen LogP contribution in [0.3, 0.4) is 0 Å². The predicted octanol–water partition coefficient (Wildman–Crippen LogP) is 2.32. The molecular weight excluding hydrogens is 274 g/mol. The van der Waals surface area contributed by atoms with Gasteiger partial charge in [0.1, 0.15) is 0 Å². The molecule has 1 aromatic heterocycles. The fraction of sp³-hybridized carbons (Fsp3) is 0.714. The molecule has 116 valence electrons. The quantitative estimate of drug-likeness (QED) is 0.774. The highest BCUT2D eigenvalue weighted by molar-refractivity contribution is 7.89. The van der Waals surface area contributed by atoms with Crippen molar-refractivity contribution in [1.29, 1.82) is 0 Å². The summed E-state index contributed by atoms with van der Waals surface area (Å²) < 4.78 is 26.8. The van der Waals surface area contributed by atoms with Gasteiger partial charge in [-0.25, -0.2) is 8.42 Å². The van der Waals surface area contributed by atoms with Gasteiger partial charge in [0.25, 0.3) is 0 Å². The smallest absolute Gasteiger partial charge is 0.244 e. The molecule has 0 saturated heterocycles. The first-order valence-electron chi connectivity index (χ1n) is 7.25. The lowest BCUT2D eigenvalue weighted by molar-refractivity contribution is 0.342. The molecule has 1 aromatic rings. The van der Waals surface area contributed by atoms with Crippen molar-refractivity contribution in [2.75, 3.05) is 6.54 Å². The Morgan fingerprint density at radius 3 is 2.45 bits per heavy atom. The molecule has 0 bridgehead atoms. The van der Waals surface area contributed by atoms with Crippen LogP contribution in [0.5, 0.6) is 0 Å². The molecular formula is C14H27N3O2S. The lowest BCUT2D eigenvalue weighted by atomic mass is 10.3. The van der Waals surface area contributed by atoms with Crippen LogP contribution < -0.4 is 5.32 Å². The number of nitrogens with one attached hydrogen (secondary N) is 2. The number of nitrogens with zero attached hydrogens (tertiary/aromatic N) is 1. The first-order chi connectivity index (χ1) is 9.32. The minimum Gasteiger partial charge on any atom is -0.363 e. The first kappa shape index (κ1) is 17.2. The summed E-state index contributed by atoms with van der Waals surface area (Å²) in [4.78, 5) is 3.38. The standard InChI is InChI=1S/C14H27N3O2S/c1-6-12(5)17(7-2)20(18,19)14-8-13(16-10-14)9-15-11(3)4/h8,10-12,15-16H,6-7,9H2,1-5H3. The second-order valence-electron chi connectivity index (χ2n) is 5.36. The Bertz CT molecular complexity index is 508. The van der Waals surface area contributed by atoms with Crippen LogP contribution in [0.2, 0.25) is 0 Å². The van der Waals surface area contributed by atoms with Gasteiger partial charge in [-0.05, 0) is 19.4 Å². The monoisotopic (exact) mass is 301 g/mol. The summed E-state index contributed by atoms with van der Waals surface area (Å²) in [7, 11) is -3.41. The van der Waals surface area contributed by atoms with Gasteiger partial charge >= 0.3 is 0 Å². The molecule has 6 heteroatoms. The Morgan fingerprint density at radius 1 is 1.30 bits per heavy atom. The predicted molar refractivity (Wildman–Crippen MR) is 82.1 cm³/mol. The number of H-pyrrole nitrogens is 1. The van der Waals surface area contributed by atoms with E-state index in [-0.39, 0.29) is 6.04 Å². The molecule has 0 aliphatic rings. The van der Waals surface area contributed by atoms with E-state index < -0.39 is 10.0 Å². The summed E-state index contributed by atoms with van der Waals surface area (Å²) in [5, 5.41) is 3.26. The Balaban J connectivity index is 2.92. The van der Waals surface area contributed by atoms with E-state index in [1.165, 1.54) is 0 Å². The average Bonchev–Trinajstić information content (AvgIpc) is 2.86. The van der Waals surface area contributed by atoms with E-state index in [0.717, 1.165) is 12.1 Å². The number of rotatable bonds is 8. The molecule has 1 heterocycles. The molecule has 20 heavy (non-hydrogen) atoms. The van der Waals surface area contributed by atoms with Crippen molar-refractivity contribution in [2.45, 2.75) is 64.6 Å². The third kappa shape index (κ3) is 4.07. The molecule has 1 unspecified atom stereocenters. The second kappa shape index (κ2) is 7.24. The van der Waals surface area contributed by atoms with Crippen LogP contribution in [0.1, 0.15) is 46.7 Å². The summed E-state index contributed by atoms with van der Waals surface area (Å²) in [5.41, 5.74) is 0.887. The fourth-order valence-corrected chi connectivity index (χ4v) is 3.77. The van der Waals surface area contributed by atoms with Crippen LogP contribution >= 0.6 is 0 Å². The number of aromatic amines is 1. The lowest BCUT2D eigenvalue weighted by Crippen LogP contribution is -2.37. The third-order valence-corrected chi connectivity index (χ3v) is 5.48. The number of hydrogen-bond donors (Lipinski definition) is 2. The van der Waals surface area contributed by atoms with Gasteiger partial charge in [0, 0.05) is 37.1 Å². The van der Waals surface area contributed by atoms with Gasteiger partial charge in [0.15, 0.2) is 0 Å². The minimum absolute atomic E-state index is 0.0112. The van der Waals surface area contributed by atoms with Gasteiger partial charge in [-0.2, -0.15) is 4.31 Å². The van der Waals surface area contributed by atoms with Crippen LogP contribution in [-0.4, -0.2) is 36.3 Å². The van der Waals surface area contributed by atoms with Gasteiger partial charge < -0.3 is 10.3 Å².